The quantitative estimate of drug-likeness (QED) is 0.526. The molecule has 4 aliphatic heterocycles. The van der Waals surface area contributed by atoms with E-state index in [9.17, 15) is 9.59 Å². The van der Waals surface area contributed by atoms with E-state index < -0.39 is 5.41 Å². The summed E-state index contributed by atoms with van der Waals surface area (Å²) in [5.41, 5.74) is 0.727. The van der Waals surface area contributed by atoms with Crippen molar-refractivity contribution >= 4 is 35.0 Å². The molecule has 2 amide bonds. The molecular weight excluding hydrogens is 535 g/mol. The van der Waals surface area contributed by atoms with Crippen molar-refractivity contribution in [3.05, 3.63) is 35.8 Å². The molecule has 5 heterocycles. The highest BCUT2D eigenvalue weighted by Crippen LogP contribution is 2.63. The van der Waals surface area contributed by atoms with Crippen LogP contribution in [0.25, 0.3) is 0 Å². The van der Waals surface area contributed by atoms with Crippen LogP contribution in [0.2, 0.25) is 0 Å². The number of piperidine rings is 1. The molecular formula is C31H39FN8O2. The third-order valence-electron chi connectivity index (χ3n) is 11.0. The van der Waals surface area contributed by atoms with Crippen LogP contribution in [0.1, 0.15) is 44.1 Å². The minimum Gasteiger partial charge on any atom is -0.369 e. The monoisotopic (exact) mass is 574 g/mol. The molecule has 9 rings (SSSR count). The Morgan fingerprint density at radius 3 is 2.45 bits per heavy atom. The number of benzene rings is 1. The summed E-state index contributed by atoms with van der Waals surface area (Å²) in [6.07, 6.45) is 7.53. The van der Waals surface area contributed by atoms with Gasteiger partial charge in [-0.25, -0.2) is 9.37 Å². The van der Waals surface area contributed by atoms with Crippen molar-refractivity contribution < 1.29 is 14.0 Å². The third-order valence-corrected chi connectivity index (χ3v) is 11.0. The molecule has 222 valence electrons. The Morgan fingerprint density at radius 1 is 1.05 bits per heavy atom. The van der Waals surface area contributed by atoms with Gasteiger partial charge in [0.05, 0.1) is 11.2 Å². The van der Waals surface area contributed by atoms with Crippen molar-refractivity contribution in [2.75, 3.05) is 68.0 Å². The number of piperazine rings is 1. The van der Waals surface area contributed by atoms with E-state index in [1.54, 1.807) is 6.20 Å². The molecule has 2 N–H and O–H groups in total. The molecule has 1 aromatic carbocycles. The number of carbonyl (C=O) groups excluding carboxylic acids is 2. The number of rotatable bonds is 5. The second kappa shape index (κ2) is 9.60. The summed E-state index contributed by atoms with van der Waals surface area (Å²) in [6.45, 7) is 6.67. The number of nitrogens with zero attached hydrogens (tertiary/aromatic N) is 6. The maximum absolute atomic E-state index is 15.4. The zero-order valence-corrected chi connectivity index (χ0v) is 24.2. The second-order valence-corrected chi connectivity index (χ2v) is 13.5. The third kappa shape index (κ3) is 4.03. The number of anilines is 4. The standard InChI is InChI=1S/C31H39FN8O2/c1-37-10-12-38(13-11-37)23-4-8-39(9-5-23)25-3-2-22(14-24(25)32)35-29-34-19-21-18-31(6-7-33-27(31)41)28(42)40(26(21)36-29)30-15-20(16-30)17-30/h2-3,14,19-20,23H,4-13,15-18H2,1H3,(H,33,41)(H,34,35,36)/t20?,30?,31-/m1/s1. The Kier molecular flexibility index (Phi) is 6.02. The van der Waals surface area contributed by atoms with E-state index in [1.807, 2.05) is 17.0 Å². The molecule has 3 aliphatic carbocycles. The van der Waals surface area contributed by atoms with Gasteiger partial charge in [0.25, 0.3) is 0 Å². The fourth-order valence-electron chi connectivity index (χ4n) is 8.31. The van der Waals surface area contributed by atoms with E-state index in [2.05, 4.69) is 37.4 Å². The fraction of sp³-hybridized carbons (Fsp3) is 0.613. The van der Waals surface area contributed by atoms with Crippen LogP contribution >= 0.6 is 0 Å². The number of hydrogen-bond donors (Lipinski definition) is 2. The molecule has 1 atom stereocenters. The summed E-state index contributed by atoms with van der Waals surface area (Å²) in [6, 6.07) is 5.80. The smallest absolute Gasteiger partial charge is 0.244 e. The van der Waals surface area contributed by atoms with Crippen LogP contribution in [0.4, 0.5) is 27.5 Å². The highest BCUT2D eigenvalue weighted by Gasteiger charge is 2.67. The van der Waals surface area contributed by atoms with Gasteiger partial charge in [0.15, 0.2) is 0 Å². The van der Waals surface area contributed by atoms with E-state index in [1.165, 1.54) is 6.07 Å². The lowest BCUT2D eigenvalue weighted by molar-refractivity contribution is -0.144. The molecule has 42 heavy (non-hydrogen) atoms. The Balaban J connectivity index is 0.987. The summed E-state index contributed by atoms with van der Waals surface area (Å²) < 4.78 is 15.4. The van der Waals surface area contributed by atoms with Gasteiger partial charge < -0.3 is 20.4 Å². The maximum atomic E-state index is 15.4. The topological polar surface area (TPSA) is 96.9 Å². The van der Waals surface area contributed by atoms with Crippen LogP contribution in [-0.4, -0.2) is 96.0 Å². The molecule has 11 heteroatoms. The fourth-order valence-corrected chi connectivity index (χ4v) is 8.31. The predicted molar refractivity (Wildman–Crippen MR) is 157 cm³/mol. The summed E-state index contributed by atoms with van der Waals surface area (Å²) in [4.78, 5) is 45.1. The van der Waals surface area contributed by atoms with Gasteiger partial charge in [-0.2, -0.15) is 4.98 Å². The molecule has 2 aromatic rings. The van der Waals surface area contributed by atoms with Crippen molar-refractivity contribution in [1.82, 2.24) is 25.1 Å². The summed E-state index contributed by atoms with van der Waals surface area (Å²) in [5.74, 6) is 1.01. The number of likely N-dealkylation sites (N-methyl/N-ethyl adjacent to an activating group) is 1. The number of fused-ring (bicyclic) bond motifs is 1. The molecule has 2 bridgehead atoms. The maximum Gasteiger partial charge on any atom is 0.244 e. The average Bonchev–Trinajstić information content (AvgIpc) is 3.31. The Hall–Kier alpha value is -3.31. The first kappa shape index (κ1) is 26.3. The summed E-state index contributed by atoms with van der Waals surface area (Å²) in [5, 5.41) is 6.05. The first-order chi connectivity index (χ1) is 20.3. The number of nitrogens with one attached hydrogen (secondary N) is 2. The van der Waals surface area contributed by atoms with Crippen LogP contribution < -0.4 is 20.4 Å². The number of halogens is 1. The van der Waals surface area contributed by atoms with Crippen LogP contribution in [0.5, 0.6) is 0 Å². The number of hydrogen-bond acceptors (Lipinski definition) is 8. The van der Waals surface area contributed by atoms with Gasteiger partial charge in [-0.05, 0) is 69.7 Å². The zero-order valence-electron chi connectivity index (χ0n) is 24.2. The van der Waals surface area contributed by atoms with Crippen LogP contribution in [0, 0.1) is 17.2 Å². The normalized spacial score (nSPS) is 31.5. The van der Waals surface area contributed by atoms with Gasteiger partial charge in [-0.15, -0.1) is 0 Å². The van der Waals surface area contributed by atoms with E-state index >= 15 is 4.39 Å². The summed E-state index contributed by atoms with van der Waals surface area (Å²) >= 11 is 0. The Labute approximate surface area is 245 Å². The van der Waals surface area contributed by atoms with Crippen molar-refractivity contribution in [1.29, 1.82) is 0 Å². The Bertz CT molecular complexity index is 1420. The minimum absolute atomic E-state index is 0.125. The lowest BCUT2D eigenvalue weighted by Crippen LogP contribution is -2.73. The first-order valence-electron chi connectivity index (χ1n) is 15.6. The molecule has 7 aliphatic rings. The van der Waals surface area contributed by atoms with E-state index in [4.69, 9.17) is 4.98 Å². The average molecular weight is 575 g/mol. The number of amides is 2. The lowest BCUT2D eigenvalue weighted by Gasteiger charge is -2.67. The van der Waals surface area contributed by atoms with Crippen LogP contribution in [-0.2, 0) is 16.0 Å². The number of aromatic nitrogens is 2. The van der Waals surface area contributed by atoms with Crippen molar-refractivity contribution in [2.45, 2.75) is 56.5 Å². The molecule has 10 nitrogen and oxygen atoms in total. The molecule has 0 unspecified atom stereocenters. The second-order valence-electron chi connectivity index (χ2n) is 13.5. The minimum atomic E-state index is -1.06. The lowest BCUT2D eigenvalue weighted by atomic mass is 9.48. The van der Waals surface area contributed by atoms with Gasteiger partial charge >= 0.3 is 0 Å². The molecule has 1 aromatic heterocycles. The molecule has 3 saturated carbocycles. The highest BCUT2D eigenvalue weighted by atomic mass is 19.1. The Morgan fingerprint density at radius 2 is 1.81 bits per heavy atom. The zero-order chi connectivity index (χ0) is 28.6. The number of carbonyl (C=O) groups is 2. The highest BCUT2D eigenvalue weighted by molar-refractivity contribution is 6.15. The van der Waals surface area contributed by atoms with Crippen LogP contribution in [0.15, 0.2) is 24.4 Å². The predicted octanol–water partition coefficient (Wildman–Crippen LogP) is 2.52. The molecule has 0 radical (unpaired) electrons. The largest absolute Gasteiger partial charge is 0.369 e. The van der Waals surface area contributed by atoms with E-state index in [0.717, 1.165) is 76.9 Å². The molecule has 3 saturated heterocycles. The van der Waals surface area contributed by atoms with Gasteiger partial charge in [0.2, 0.25) is 17.8 Å². The van der Waals surface area contributed by atoms with Gasteiger partial charge in [0, 0.05) is 75.7 Å². The molecule has 1 spiro atoms. The van der Waals surface area contributed by atoms with Crippen molar-refractivity contribution in [3.63, 3.8) is 0 Å². The van der Waals surface area contributed by atoms with Gasteiger partial charge in [0.1, 0.15) is 17.1 Å². The van der Waals surface area contributed by atoms with Crippen molar-refractivity contribution in [3.8, 4) is 0 Å². The summed E-state index contributed by atoms with van der Waals surface area (Å²) in [7, 11) is 2.18. The van der Waals surface area contributed by atoms with Gasteiger partial charge in [-0.3, -0.25) is 19.4 Å². The molecule has 6 fully saturated rings. The SMILES string of the molecule is CN1CCN(C2CCN(c3ccc(Nc4ncc5c(n4)N(C46CC(C4)C6)C(=O)[C@]4(CCNC4=O)C5)cc3F)CC2)CC1. The van der Waals surface area contributed by atoms with Crippen LogP contribution in [0.3, 0.4) is 0 Å². The first-order valence-corrected chi connectivity index (χ1v) is 15.6. The van der Waals surface area contributed by atoms with E-state index in [-0.39, 0.29) is 23.2 Å². The van der Waals surface area contributed by atoms with E-state index in [0.29, 0.717) is 54.5 Å². The van der Waals surface area contributed by atoms with Crippen molar-refractivity contribution in [2.24, 2.45) is 11.3 Å². The van der Waals surface area contributed by atoms with Gasteiger partial charge in [-0.1, -0.05) is 0 Å².